The number of anilines is 1. The number of nitro groups is 1. The molecule has 0 aliphatic rings. The molecule has 0 saturated heterocycles. The Hall–Kier alpha value is -1.89. The van der Waals surface area contributed by atoms with Gasteiger partial charge in [-0.3, -0.25) is 15.2 Å². The van der Waals surface area contributed by atoms with Crippen molar-refractivity contribution in [3.63, 3.8) is 0 Å². The molecule has 19 heavy (non-hydrogen) atoms. The van der Waals surface area contributed by atoms with Crippen molar-refractivity contribution in [3.05, 3.63) is 49.7 Å². The third-order valence-electron chi connectivity index (χ3n) is 2.89. The lowest BCUT2D eigenvalue weighted by Crippen LogP contribution is -2.02. The molecule has 0 amide bonds. The van der Waals surface area contributed by atoms with E-state index < -0.39 is 0 Å². The molecule has 0 unspecified atom stereocenters. The molecule has 0 aliphatic heterocycles. The summed E-state index contributed by atoms with van der Waals surface area (Å²) in [5.74, 6) is 0. The molecule has 0 spiro atoms. The molecule has 0 bridgehead atoms. The standard InChI is InChI=1S/C12H13BrN4O2/c1-7-3-11(10(13)4-12(7)17(18)19)14-5-9-6-15-16-8(9)2/h3-4,6,14H,5H2,1-2H3,(H,15,16). The Morgan fingerprint density at radius 2 is 2.21 bits per heavy atom. The van der Waals surface area contributed by atoms with E-state index >= 15 is 0 Å². The van der Waals surface area contributed by atoms with Gasteiger partial charge in [0.15, 0.2) is 0 Å². The molecule has 2 aromatic rings. The Balaban J connectivity index is 2.20. The van der Waals surface area contributed by atoms with Crippen LogP contribution in [0.15, 0.2) is 22.8 Å². The maximum Gasteiger partial charge on any atom is 0.273 e. The molecule has 6 nitrogen and oxygen atoms in total. The van der Waals surface area contributed by atoms with Crippen LogP contribution in [0.5, 0.6) is 0 Å². The third-order valence-corrected chi connectivity index (χ3v) is 3.54. The highest BCUT2D eigenvalue weighted by Crippen LogP contribution is 2.30. The van der Waals surface area contributed by atoms with Crippen molar-refractivity contribution in [2.75, 3.05) is 5.32 Å². The lowest BCUT2D eigenvalue weighted by atomic mass is 10.1. The molecule has 1 aromatic heterocycles. The van der Waals surface area contributed by atoms with Gasteiger partial charge in [0.2, 0.25) is 0 Å². The van der Waals surface area contributed by atoms with Crippen LogP contribution in [0.25, 0.3) is 0 Å². The van der Waals surface area contributed by atoms with Crippen LogP contribution < -0.4 is 5.32 Å². The Bertz CT molecular complexity index is 624. The van der Waals surface area contributed by atoms with Gasteiger partial charge >= 0.3 is 0 Å². The molecule has 0 aliphatic carbocycles. The summed E-state index contributed by atoms with van der Waals surface area (Å²) in [5.41, 5.74) is 3.62. The van der Waals surface area contributed by atoms with Crippen LogP contribution in [-0.4, -0.2) is 15.1 Å². The van der Waals surface area contributed by atoms with E-state index in [2.05, 4.69) is 31.4 Å². The summed E-state index contributed by atoms with van der Waals surface area (Å²) in [6, 6.07) is 3.28. The van der Waals surface area contributed by atoms with Crippen LogP contribution in [0.3, 0.4) is 0 Å². The Kier molecular flexibility index (Phi) is 3.84. The van der Waals surface area contributed by atoms with Crippen LogP contribution in [0, 0.1) is 24.0 Å². The number of aryl methyl sites for hydroxylation is 2. The Morgan fingerprint density at radius 1 is 1.47 bits per heavy atom. The summed E-state index contributed by atoms with van der Waals surface area (Å²) in [5, 5.41) is 20.9. The largest absolute Gasteiger partial charge is 0.380 e. The number of hydrogen-bond donors (Lipinski definition) is 2. The summed E-state index contributed by atoms with van der Waals surface area (Å²) in [6.45, 7) is 4.27. The number of benzene rings is 1. The highest BCUT2D eigenvalue weighted by Gasteiger charge is 2.14. The van der Waals surface area contributed by atoms with Crippen molar-refractivity contribution in [1.29, 1.82) is 0 Å². The topological polar surface area (TPSA) is 83.8 Å². The second-order valence-corrected chi connectivity index (χ2v) is 5.10. The monoisotopic (exact) mass is 324 g/mol. The molecule has 1 aromatic carbocycles. The Labute approximate surface area is 118 Å². The number of nitrogens with one attached hydrogen (secondary N) is 2. The molecule has 2 rings (SSSR count). The smallest absolute Gasteiger partial charge is 0.273 e. The highest BCUT2D eigenvalue weighted by atomic mass is 79.9. The minimum Gasteiger partial charge on any atom is -0.380 e. The van der Waals surface area contributed by atoms with E-state index in [-0.39, 0.29) is 10.6 Å². The van der Waals surface area contributed by atoms with Crippen molar-refractivity contribution in [2.45, 2.75) is 20.4 Å². The zero-order valence-corrected chi connectivity index (χ0v) is 12.1. The predicted octanol–water partition coefficient (Wildman–Crippen LogP) is 3.31. The van der Waals surface area contributed by atoms with Crippen LogP contribution in [-0.2, 0) is 6.54 Å². The molecular formula is C12H13BrN4O2. The van der Waals surface area contributed by atoms with Gasteiger partial charge in [-0.1, -0.05) is 0 Å². The fraction of sp³-hybridized carbons (Fsp3) is 0.250. The van der Waals surface area contributed by atoms with E-state index in [0.29, 0.717) is 16.6 Å². The van der Waals surface area contributed by atoms with Gasteiger partial charge in [-0.2, -0.15) is 5.10 Å². The van der Waals surface area contributed by atoms with Gasteiger partial charge in [-0.25, -0.2) is 0 Å². The van der Waals surface area contributed by atoms with E-state index in [1.54, 1.807) is 19.2 Å². The fourth-order valence-corrected chi connectivity index (χ4v) is 2.22. The minimum atomic E-state index is -0.385. The fourth-order valence-electron chi connectivity index (χ4n) is 1.75. The number of nitro benzene ring substituents is 1. The maximum atomic E-state index is 10.8. The normalized spacial score (nSPS) is 10.5. The zero-order chi connectivity index (χ0) is 14.0. The molecule has 2 N–H and O–H groups in total. The van der Waals surface area contributed by atoms with Crippen LogP contribution in [0.4, 0.5) is 11.4 Å². The summed E-state index contributed by atoms with van der Waals surface area (Å²) in [6.07, 6.45) is 1.76. The van der Waals surface area contributed by atoms with E-state index in [9.17, 15) is 10.1 Å². The van der Waals surface area contributed by atoms with E-state index in [1.807, 2.05) is 6.92 Å². The van der Waals surface area contributed by atoms with Gasteiger partial charge in [0, 0.05) is 39.6 Å². The van der Waals surface area contributed by atoms with Gasteiger partial charge in [-0.05, 0) is 35.8 Å². The second kappa shape index (κ2) is 5.40. The zero-order valence-electron chi connectivity index (χ0n) is 10.5. The first-order valence-electron chi connectivity index (χ1n) is 5.66. The third kappa shape index (κ3) is 2.93. The number of aromatic nitrogens is 2. The number of H-pyrrole nitrogens is 1. The van der Waals surface area contributed by atoms with E-state index in [1.165, 1.54) is 6.07 Å². The maximum absolute atomic E-state index is 10.8. The first kappa shape index (κ1) is 13.5. The first-order valence-corrected chi connectivity index (χ1v) is 6.45. The Morgan fingerprint density at radius 3 is 2.79 bits per heavy atom. The lowest BCUT2D eigenvalue weighted by molar-refractivity contribution is -0.385. The summed E-state index contributed by atoms with van der Waals surface area (Å²) < 4.78 is 0.672. The van der Waals surface area contributed by atoms with Crippen molar-refractivity contribution < 1.29 is 4.92 Å². The number of hydrogen-bond acceptors (Lipinski definition) is 4. The number of halogens is 1. The lowest BCUT2D eigenvalue weighted by Gasteiger charge is -2.09. The van der Waals surface area contributed by atoms with E-state index in [4.69, 9.17) is 0 Å². The molecule has 0 fully saturated rings. The van der Waals surface area contributed by atoms with Gasteiger partial charge < -0.3 is 5.32 Å². The van der Waals surface area contributed by atoms with Gasteiger partial charge in [0.05, 0.1) is 11.1 Å². The number of rotatable bonds is 4. The summed E-state index contributed by atoms with van der Waals surface area (Å²) in [7, 11) is 0. The van der Waals surface area contributed by atoms with Crippen molar-refractivity contribution in [2.24, 2.45) is 0 Å². The van der Waals surface area contributed by atoms with Gasteiger partial charge in [-0.15, -0.1) is 0 Å². The molecular weight excluding hydrogens is 312 g/mol. The van der Waals surface area contributed by atoms with Crippen LogP contribution >= 0.6 is 15.9 Å². The molecule has 100 valence electrons. The average molecular weight is 325 g/mol. The summed E-state index contributed by atoms with van der Waals surface area (Å²) >= 11 is 3.34. The molecule has 1 heterocycles. The molecule has 0 radical (unpaired) electrons. The second-order valence-electron chi connectivity index (χ2n) is 4.25. The van der Waals surface area contributed by atoms with Gasteiger partial charge in [0.1, 0.15) is 0 Å². The average Bonchev–Trinajstić information content (AvgIpc) is 2.75. The quantitative estimate of drug-likeness (QED) is 0.667. The molecule has 0 atom stereocenters. The molecule has 7 heteroatoms. The van der Waals surface area contributed by atoms with Crippen molar-refractivity contribution in [3.8, 4) is 0 Å². The van der Waals surface area contributed by atoms with Gasteiger partial charge in [0.25, 0.3) is 5.69 Å². The number of nitrogens with zero attached hydrogens (tertiary/aromatic N) is 2. The highest BCUT2D eigenvalue weighted by molar-refractivity contribution is 9.10. The predicted molar refractivity (Wildman–Crippen MR) is 76.2 cm³/mol. The van der Waals surface area contributed by atoms with E-state index in [0.717, 1.165) is 16.9 Å². The molecule has 0 saturated carbocycles. The van der Waals surface area contributed by atoms with Crippen molar-refractivity contribution in [1.82, 2.24) is 10.2 Å². The van der Waals surface area contributed by atoms with Crippen molar-refractivity contribution >= 4 is 27.3 Å². The van der Waals surface area contributed by atoms with Crippen LogP contribution in [0.1, 0.15) is 16.8 Å². The number of aromatic amines is 1. The minimum absolute atomic E-state index is 0.108. The SMILES string of the molecule is Cc1cc(NCc2cn[nH]c2C)c(Br)cc1[N+](=O)[O-]. The first-order chi connectivity index (χ1) is 8.99. The van der Waals surface area contributed by atoms with Crippen LogP contribution in [0.2, 0.25) is 0 Å². The summed E-state index contributed by atoms with van der Waals surface area (Å²) in [4.78, 5) is 10.4.